The third-order valence-electron chi connectivity index (χ3n) is 3.46. The lowest BCUT2D eigenvalue weighted by Gasteiger charge is -2.35. The van der Waals surface area contributed by atoms with E-state index >= 15 is 0 Å². The van der Waals surface area contributed by atoms with Gasteiger partial charge < -0.3 is 10.6 Å². The third kappa shape index (κ3) is 3.91. The summed E-state index contributed by atoms with van der Waals surface area (Å²) >= 11 is 0. The number of hydrogen-bond donors (Lipinski definition) is 2. The highest BCUT2D eigenvalue weighted by Crippen LogP contribution is 2.18. The molecule has 0 saturated carbocycles. The van der Waals surface area contributed by atoms with Gasteiger partial charge in [-0.2, -0.15) is 0 Å². The molecule has 0 aliphatic carbocycles. The summed E-state index contributed by atoms with van der Waals surface area (Å²) in [6, 6.07) is 5.66. The fraction of sp³-hybridized carbons (Fsp3) is 0.462. The summed E-state index contributed by atoms with van der Waals surface area (Å²) in [5.74, 6) is -0.181. The lowest BCUT2D eigenvalue weighted by Crippen LogP contribution is -2.52. The fourth-order valence-corrected chi connectivity index (χ4v) is 2.18. The van der Waals surface area contributed by atoms with Crippen molar-refractivity contribution in [2.24, 2.45) is 0 Å². The number of hydrogen-bond acceptors (Lipinski definition) is 4. The number of carbonyl (C=O) groups is 1. The van der Waals surface area contributed by atoms with Crippen LogP contribution in [0.15, 0.2) is 24.3 Å². The smallest absolute Gasteiger partial charge is 0.269 e. The quantitative estimate of drug-likeness (QED) is 0.659. The van der Waals surface area contributed by atoms with Crippen molar-refractivity contribution in [1.29, 1.82) is 0 Å². The Morgan fingerprint density at radius 2 is 1.85 bits per heavy atom. The highest BCUT2D eigenvalue weighted by Gasteiger charge is 2.28. The summed E-state index contributed by atoms with van der Waals surface area (Å²) in [6.45, 7) is 3.80. The molecule has 20 heavy (non-hydrogen) atoms. The monoisotopic (exact) mass is 299 g/mol. The molecule has 1 aromatic carbocycles. The van der Waals surface area contributed by atoms with Crippen molar-refractivity contribution in [3.05, 3.63) is 39.9 Å². The molecule has 0 bridgehead atoms. The first-order chi connectivity index (χ1) is 9.00. The number of nitro benzene ring substituents is 1. The van der Waals surface area contributed by atoms with E-state index in [1.165, 1.54) is 24.3 Å². The average Bonchev–Trinajstić information content (AvgIpc) is 2.39. The molecule has 0 spiro atoms. The van der Waals surface area contributed by atoms with Gasteiger partial charge in [0.05, 0.1) is 4.92 Å². The Balaban J connectivity index is 0.00000200. The van der Waals surface area contributed by atoms with Crippen LogP contribution in [0, 0.1) is 10.1 Å². The van der Waals surface area contributed by atoms with Gasteiger partial charge in [-0.05, 0) is 45.0 Å². The second-order valence-electron chi connectivity index (χ2n) is 5.07. The maximum atomic E-state index is 12.1. The number of amides is 1. The van der Waals surface area contributed by atoms with Gasteiger partial charge in [0, 0.05) is 23.2 Å². The van der Waals surface area contributed by atoms with E-state index in [0.717, 1.165) is 25.9 Å². The minimum atomic E-state index is -0.476. The van der Waals surface area contributed by atoms with Crippen molar-refractivity contribution < 1.29 is 9.72 Å². The van der Waals surface area contributed by atoms with Crippen LogP contribution in [0.4, 0.5) is 5.69 Å². The zero-order valence-corrected chi connectivity index (χ0v) is 12.0. The molecule has 1 amide bonds. The zero-order chi connectivity index (χ0) is 13.9. The minimum Gasteiger partial charge on any atom is -0.347 e. The molecule has 0 unspecified atom stereocenters. The van der Waals surface area contributed by atoms with Crippen LogP contribution in [0.2, 0.25) is 0 Å². The summed E-state index contributed by atoms with van der Waals surface area (Å²) in [7, 11) is 0. The Hall–Kier alpha value is -1.66. The largest absolute Gasteiger partial charge is 0.347 e. The van der Waals surface area contributed by atoms with E-state index in [1.807, 2.05) is 6.92 Å². The van der Waals surface area contributed by atoms with E-state index < -0.39 is 4.92 Å². The van der Waals surface area contributed by atoms with Crippen molar-refractivity contribution in [3.63, 3.8) is 0 Å². The lowest BCUT2D eigenvalue weighted by molar-refractivity contribution is -0.384. The van der Waals surface area contributed by atoms with Crippen LogP contribution in [0.5, 0.6) is 0 Å². The molecule has 1 heterocycles. The molecule has 0 radical (unpaired) electrons. The first-order valence-corrected chi connectivity index (χ1v) is 6.28. The molecule has 1 aromatic rings. The topological polar surface area (TPSA) is 84.3 Å². The first kappa shape index (κ1) is 16.4. The van der Waals surface area contributed by atoms with Crippen molar-refractivity contribution in [2.45, 2.75) is 25.3 Å². The van der Waals surface area contributed by atoms with E-state index in [4.69, 9.17) is 0 Å². The maximum absolute atomic E-state index is 12.1. The summed E-state index contributed by atoms with van der Waals surface area (Å²) in [5.41, 5.74) is 0.236. The number of carbonyl (C=O) groups excluding carboxylic acids is 1. The summed E-state index contributed by atoms with van der Waals surface area (Å²) in [5, 5.41) is 16.8. The Labute approximate surface area is 123 Å². The molecule has 1 saturated heterocycles. The second kappa shape index (κ2) is 6.67. The van der Waals surface area contributed by atoms with Gasteiger partial charge in [-0.15, -0.1) is 12.4 Å². The Kier molecular flexibility index (Phi) is 5.47. The zero-order valence-electron chi connectivity index (χ0n) is 11.2. The molecule has 1 fully saturated rings. The Morgan fingerprint density at radius 3 is 2.35 bits per heavy atom. The molecular formula is C13H18ClN3O3. The van der Waals surface area contributed by atoms with Gasteiger partial charge in [0.1, 0.15) is 0 Å². The van der Waals surface area contributed by atoms with Crippen LogP contribution in [0.1, 0.15) is 30.1 Å². The van der Waals surface area contributed by atoms with Crippen molar-refractivity contribution >= 4 is 24.0 Å². The van der Waals surface area contributed by atoms with E-state index in [-0.39, 0.29) is 29.5 Å². The number of nitro groups is 1. The van der Waals surface area contributed by atoms with E-state index in [2.05, 4.69) is 10.6 Å². The van der Waals surface area contributed by atoms with Gasteiger partial charge in [0.25, 0.3) is 11.6 Å². The average molecular weight is 300 g/mol. The summed E-state index contributed by atoms with van der Waals surface area (Å²) in [4.78, 5) is 22.2. The predicted octanol–water partition coefficient (Wildman–Crippen LogP) is 1.89. The number of piperidine rings is 1. The highest BCUT2D eigenvalue weighted by molar-refractivity contribution is 5.94. The van der Waals surface area contributed by atoms with E-state index in [9.17, 15) is 14.9 Å². The van der Waals surface area contributed by atoms with E-state index in [1.54, 1.807) is 0 Å². The van der Waals surface area contributed by atoms with Gasteiger partial charge in [-0.3, -0.25) is 14.9 Å². The molecular weight excluding hydrogens is 282 g/mol. The number of nitrogens with one attached hydrogen (secondary N) is 2. The van der Waals surface area contributed by atoms with Crippen LogP contribution in [0.25, 0.3) is 0 Å². The molecule has 0 atom stereocenters. The fourth-order valence-electron chi connectivity index (χ4n) is 2.18. The third-order valence-corrected chi connectivity index (χ3v) is 3.46. The maximum Gasteiger partial charge on any atom is 0.269 e. The molecule has 2 N–H and O–H groups in total. The van der Waals surface area contributed by atoms with Crippen LogP contribution >= 0.6 is 12.4 Å². The number of halogens is 1. The molecule has 6 nitrogen and oxygen atoms in total. The highest BCUT2D eigenvalue weighted by atomic mass is 35.5. The summed E-state index contributed by atoms with van der Waals surface area (Å²) in [6.07, 6.45) is 1.76. The normalized spacial score (nSPS) is 16.9. The Morgan fingerprint density at radius 1 is 1.30 bits per heavy atom. The first-order valence-electron chi connectivity index (χ1n) is 6.28. The standard InChI is InChI=1S/C13H17N3O3.ClH/c1-13(6-8-14-9-7-13)15-12(17)10-2-4-11(5-3-10)16(18)19;/h2-5,14H,6-9H2,1H3,(H,15,17);1H. The molecule has 1 aliphatic rings. The lowest BCUT2D eigenvalue weighted by atomic mass is 9.90. The van der Waals surface area contributed by atoms with E-state index in [0.29, 0.717) is 5.56 Å². The van der Waals surface area contributed by atoms with Gasteiger partial charge in [0.2, 0.25) is 0 Å². The molecule has 7 heteroatoms. The number of non-ortho nitro benzene ring substituents is 1. The second-order valence-corrected chi connectivity index (χ2v) is 5.07. The number of nitrogens with zero attached hydrogens (tertiary/aromatic N) is 1. The van der Waals surface area contributed by atoms with Gasteiger partial charge >= 0.3 is 0 Å². The van der Waals surface area contributed by atoms with Gasteiger partial charge in [0.15, 0.2) is 0 Å². The molecule has 0 aromatic heterocycles. The molecule has 2 rings (SSSR count). The van der Waals surface area contributed by atoms with Gasteiger partial charge in [-0.25, -0.2) is 0 Å². The Bertz CT molecular complexity index is 484. The van der Waals surface area contributed by atoms with Crippen LogP contribution in [0.3, 0.4) is 0 Å². The van der Waals surface area contributed by atoms with Crippen LogP contribution < -0.4 is 10.6 Å². The molecule has 1 aliphatic heterocycles. The summed E-state index contributed by atoms with van der Waals surface area (Å²) < 4.78 is 0. The van der Waals surface area contributed by atoms with Crippen molar-refractivity contribution in [1.82, 2.24) is 10.6 Å². The molecule has 110 valence electrons. The van der Waals surface area contributed by atoms with Crippen molar-refractivity contribution in [3.8, 4) is 0 Å². The number of rotatable bonds is 3. The van der Waals surface area contributed by atoms with Gasteiger partial charge in [-0.1, -0.05) is 0 Å². The van der Waals surface area contributed by atoms with Crippen molar-refractivity contribution in [2.75, 3.05) is 13.1 Å². The SMILES string of the molecule is CC1(NC(=O)c2ccc([N+](=O)[O-])cc2)CCNCC1.Cl. The minimum absolute atomic E-state index is 0. The van der Waals surface area contributed by atoms with Crippen LogP contribution in [-0.4, -0.2) is 29.5 Å². The van der Waals surface area contributed by atoms with Crippen LogP contribution in [-0.2, 0) is 0 Å². The predicted molar refractivity (Wildman–Crippen MR) is 78.3 cm³/mol. The number of benzene rings is 1.